The predicted molar refractivity (Wildman–Crippen MR) is 85.3 cm³/mol. The van der Waals surface area contributed by atoms with E-state index in [0.29, 0.717) is 40.4 Å². The normalized spacial score (nSPS) is 12.6. The Kier molecular flexibility index (Phi) is 5.08. The molecule has 5 heteroatoms. The Labute approximate surface area is 130 Å². The second-order valence-corrected chi connectivity index (χ2v) is 5.89. The summed E-state index contributed by atoms with van der Waals surface area (Å²) >= 11 is 0. The zero-order chi connectivity index (χ0) is 16.3. The summed E-state index contributed by atoms with van der Waals surface area (Å²) in [5.41, 5.74) is 1.14. The number of rotatable bonds is 6. The van der Waals surface area contributed by atoms with Crippen LogP contribution in [0.15, 0.2) is 22.6 Å². The highest BCUT2D eigenvalue weighted by Gasteiger charge is 2.19. The maximum atomic E-state index is 12.4. The summed E-state index contributed by atoms with van der Waals surface area (Å²) in [7, 11) is 1.58. The zero-order valence-electron chi connectivity index (χ0n) is 13.5. The van der Waals surface area contributed by atoms with Crippen LogP contribution in [0.2, 0.25) is 0 Å². The summed E-state index contributed by atoms with van der Waals surface area (Å²) in [6.45, 7) is 6.05. The van der Waals surface area contributed by atoms with Gasteiger partial charge in [0.2, 0.25) is 0 Å². The number of ether oxygens (including phenoxy) is 1. The van der Waals surface area contributed by atoms with Gasteiger partial charge < -0.3 is 19.6 Å². The van der Waals surface area contributed by atoms with Gasteiger partial charge in [0, 0.05) is 11.9 Å². The van der Waals surface area contributed by atoms with Crippen LogP contribution in [-0.4, -0.2) is 30.8 Å². The third-order valence-electron chi connectivity index (χ3n) is 3.54. The van der Waals surface area contributed by atoms with Crippen LogP contribution >= 0.6 is 0 Å². The van der Waals surface area contributed by atoms with E-state index >= 15 is 0 Å². The van der Waals surface area contributed by atoms with E-state index in [1.165, 1.54) is 0 Å². The highest BCUT2D eigenvalue weighted by atomic mass is 16.5. The molecule has 0 fully saturated rings. The number of amides is 1. The van der Waals surface area contributed by atoms with Gasteiger partial charge in [-0.05, 0) is 37.5 Å². The Morgan fingerprint density at radius 1 is 1.41 bits per heavy atom. The molecule has 0 saturated heterocycles. The zero-order valence-corrected chi connectivity index (χ0v) is 13.5. The Hall–Kier alpha value is -2.01. The van der Waals surface area contributed by atoms with Gasteiger partial charge in [-0.3, -0.25) is 4.79 Å². The van der Waals surface area contributed by atoms with Gasteiger partial charge in [-0.2, -0.15) is 0 Å². The van der Waals surface area contributed by atoms with Crippen molar-refractivity contribution in [2.24, 2.45) is 5.92 Å². The Balaban J connectivity index is 2.18. The van der Waals surface area contributed by atoms with Gasteiger partial charge in [0.05, 0.1) is 18.8 Å². The van der Waals surface area contributed by atoms with Crippen molar-refractivity contribution in [2.75, 3.05) is 13.7 Å². The van der Waals surface area contributed by atoms with Crippen molar-refractivity contribution in [1.29, 1.82) is 0 Å². The second-order valence-electron chi connectivity index (χ2n) is 5.89. The van der Waals surface area contributed by atoms with Gasteiger partial charge in [-0.1, -0.05) is 13.8 Å². The van der Waals surface area contributed by atoms with Crippen molar-refractivity contribution in [2.45, 2.75) is 33.3 Å². The van der Waals surface area contributed by atoms with Gasteiger partial charge in [-0.25, -0.2) is 0 Å². The van der Waals surface area contributed by atoms with E-state index in [9.17, 15) is 9.90 Å². The minimum Gasteiger partial charge on any atom is -0.497 e. The number of hydrogen-bond acceptors (Lipinski definition) is 4. The molecule has 0 spiro atoms. The average molecular weight is 305 g/mol. The van der Waals surface area contributed by atoms with Gasteiger partial charge >= 0.3 is 0 Å². The maximum Gasteiger partial charge on any atom is 0.255 e. The highest BCUT2D eigenvalue weighted by Crippen LogP contribution is 2.28. The summed E-state index contributed by atoms with van der Waals surface area (Å²) in [5.74, 6) is 1.36. The van der Waals surface area contributed by atoms with Crippen LogP contribution < -0.4 is 10.1 Å². The molecule has 1 heterocycles. The Bertz CT molecular complexity index is 660. The lowest BCUT2D eigenvalue weighted by molar-refractivity contribution is 0.0900. The average Bonchev–Trinajstić information content (AvgIpc) is 2.78. The van der Waals surface area contributed by atoms with Crippen molar-refractivity contribution in [1.82, 2.24) is 5.32 Å². The molecule has 1 aromatic carbocycles. The lowest BCUT2D eigenvalue weighted by Crippen LogP contribution is -2.33. The number of carbonyl (C=O) groups excluding carboxylic acids is 1. The maximum absolute atomic E-state index is 12.4. The van der Waals surface area contributed by atoms with E-state index in [-0.39, 0.29) is 12.5 Å². The molecule has 0 aliphatic heterocycles. The van der Waals surface area contributed by atoms with E-state index in [4.69, 9.17) is 9.15 Å². The fourth-order valence-corrected chi connectivity index (χ4v) is 2.53. The van der Waals surface area contributed by atoms with E-state index < -0.39 is 6.10 Å². The summed E-state index contributed by atoms with van der Waals surface area (Å²) in [6, 6.07) is 5.36. The van der Waals surface area contributed by atoms with Crippen molar-refractivity contribution in [3.63, 3.8) is 0 Å². The third-order valence-corrected chi connectivity index (χ3v) is 3.54. The number of aliphatic hydroxyl groups excluding tert-OH is 1. The van der Waals surface area contributed by atoms with E-state index in [1.54, 1.807) is 32.2 Å². The molecule has 2 N–H and O–H groups in total. The van der Waals surface area contributed by atoms with Gasteiger partial charge in [0.15, 0.2) is 0 Å². The van der Waals surface area contributed by atoms with Gasteiger partial charge in [0.25, 0.3) is 5.91 Å². The molecule has 2 rings (SSSR count). The fraction of sp³-hybridized carbons (Fsp3) is 0.471. The summed E-state index contributed by atoms with van der Waals surface area (Å²) in [5, 5.41) is 13.4. The van der Waals surface area contributed by atoms with Crippen molar-refractivity contribution >= 4 is 16.9 Å². The molecule has 2 aromatic rings. The first kappa shape index (κ1) is 16.4. The van der Waals surface area contributed by atoms with Crippen molar-refractivity contribution < 1.29 is 19.1 Å². The lowest BCUT2D eigenvalue weighted by Gasteiger charge is -2.13. The van der Waals surface area contributed by atoms with Crippen LogP contribution in [-0.2, 0) is 0 Å². The van der Waals surface area contributed by atoms with Gasteiger partial charge in [0.1, 0.15) is 17.1 Å². The quantitative estimate of drug-likeness (QED) is 0.861. The molecule has 0 bridgehead atoms. The summed E-state index contributed by atoms with van der Waals surface area (Å²) in [4.78, 5) is 12.4. The van der Waals surface area contributed by atoms with Crippen molar-refractivity contribution in [3.8, 4) is 5.75 Å². The summed E-state index contributed by atoms with van der Waals surface area (Å²) in [6.07, 6.45) is 0.108. The molecule has 0 aliphatic rings. The molecular weight excluding hydrogens is 282 g/mol. The number of methoxy groups -OCH3 is 1. The number of aryl methyl sites for hydroxylation is 1. The molecule has 0 saturated carbocycles. The molecule has 120 valence electrons. The number of carbonyl (C=O) groups is 1. The first-order valence-corrected chi connectivity index (χ1v) is 7.45. The van der Waals surface area contributed by atoms with E-state index in [1.807, 2.05) is 13.8 Å². The molecule has 5 nitrogen and oxygen atoms in total. The van der Waals surface area contributed by atoms with Crippen LogP contribution in [0.25, 0.3) is 11.0 Å². The first-order valence-electron chi connectivity index (χ1n) is 7.45. The first-order chi connectivity index (χ1) is 10.4. The molecule has 1 unspecified atom stereocenters. The molecule has 0 radical (unpaired) electrons. The number of nitrogens with one attached hydrogen (secondary N) is 1. The molecule has 1 amide bonds. The monoisotopic (exact) mass is 305 g/mol. The molecule has 1 atom stereocenters. The van der Waals surface area contributed by atoms with Crippen LogP contribution in [0, 0.1) is 12.8 Å². The van der Waals surface area contributed by atoms with E-state index in [2.05, 4.69) is 5.32 Å². The number of hydrogen-bond donors (Lipinski definition) is 2. The Morgan fingerprint density at radius 3 is 2.77 bits per heavy atom. The largest absolute Gasteiger partial charge is 0.497 e. The second kappa shape index (κ2) is 6.83. The van der Waals surface area contributed by atoms with Crippen molar-refractivity contribution in [3.05, 3.63) is 29.5 Å². The number of benzene rings is 1. The minimum absolute atomic E-state index is 0.229. The fourth-order valence-electron chi connectivity index (χ4n) is 2.53. The number of aliphatic hydroxyl groups is 1. The minimum atomic E-state index is -0.544. The van der Waals surface area contributed by atoms with Crippen LogP contribution in [0.4, 0.5) is 0 Å². The molecule has 1 aromatic heterocycles. The highest BCUT2D eigenvalue weighted by molar-refractivity contribution is 6.07. The SMILES string of the molecule is COc1ccc2oc(C)c(C(=O)NCC(O)CC(C)C)c2c1. The molecule has 22 heavy (non-hydrogen) atoms. The lowest BCUT2D eigenvalue weighted by atomic mass is 10.1. The van der Waals surface area contributed by atoms with E-state index in [0.717, 1.165) is 0 Å². The summed E-state index contributed by atoms with van der Waals surface area (Å²) < 4.78 is 10.8. The smallest absolute Gasteiger partial charge is 0.255 e. The Morgan fingerprint density at radius 2 is 2.14 bits per heavy atom. The van der Waals surface area contributed by atoms with Crippen LogP contribution in [0.1, 0.15) is 36.4 Å². The third kappa shape index (κ3) is 3.60. The number of furan rings is 1. The van der Waals surface area contributed by atoms with Gasteiger partial charge in [-0.15, -0.1) is 0 Å². The van der Waals surface area contributed by atoms with Crippen LogP contribution in [0.3, 0.4) is 0 Å². The molecular formula is C17H23NO4. The molecule has 0 aliphatic carbocycles. The predicted octanol–water partition coefficient (Wildman–Crippen LogP) is 2.89. The van der Waals surface area contributed by atoms with Crippen LogP contribution in [0.5, 0.6) is 5.75 Å². The standard InChI is InChI=1S/C17H23NO4/c1-10(2)7-12(19)9-18-17(20)16-11(3)22-15-6-5-13(21-4)8-14(15)16/h5-6,8,10,12,19H,7,9H2,1-4H3,(H,18,20). The topological polar surface area (TPSA) is 71.7 Å². The number of fused-ring (bicyclic) bond motifs is 1.